The number of hydrogen-bond donors (Lipinski definition) is 3. The Morgan fingerprint density at radius 2 is 2.05 bits per heavy atom. The molecule has 1 aliphatic rings. The van der Waals surface area contributed by atoms with Crippen LogP contribution in [0.25, 0.3) is 0 Å². The first kappa shape index (κ1) is 21.0. The third-order valence-electron chi connectivity index (χ3n) is 3.82. The fourth-order valence-corrected chi connectivity index (χ4v) is 2.34. The van der Waals surface area contributed by atoms with Crippen LogP contribution in [0.3, 0.4) is 0 Å². The zero-order valence-electron chi connectivity index (χ0n) is 12.9. The zero-order valence-corrected chi connectivity index (χ0v) is 14.5. The topological polar surface area (TPSA) is 64.6 Å². The lowest BCUT2D eigenvalue weighted by Gasteiger charge is -2.27. The van der Waals surface area contributed by atoms with Crippen molar-refractivity contribution in [1.29, 1.82) is 0 Å². The van der Waals surface area contributed by atoms with Gasteiger partial charge in [0.15, 0.2) is 0 Å². The van der Waals surface area contributed by atoms with Crippen LogP contribution in [0.5, 0.6) is 0 Å². The van der Waals surface area contributed by atoms with Gasteiger partial charge in [-0.15, -0.1) is 24.8 Å². The number of carbonyl (C=O) groups is 1. The zero-order chi connectivity index (χ0) is 14.5. The van der Waals surface area contributed by atoms with E-state index in [1.165, 1.54) is 0 Å². The smallest absolute Gasteiger partial charge is 0.237 e. The lowest BCUT2D eigenvalue weighted by molar-refractivity contribution is -0.122. The Hall–Kier alpha value is -1.01. The molecular formula is C15H25Cl2N3O2. The predicted octanol–water partition coefficient (Wildman–Crippen LogP) is 1.19. The Morgan fingerprint density at radius 3 is 2.59 bits per heavy atom. The Balaban J connectivity index is 0.00000220. The SMILES string of the molecule is CC(CNC(=O)C1CC(O)CN1)N(C)c1ccccc1.Cl.Cl. The summed E-state index contributed by atoms with van der Waals surface area (Å²) in [5.74, 6) is -0.0325. The van der Waals surface area contributed by atoms with Crippen molar-refractivity contribution < 1.29 is 9.90 Å². The normalized spacial score (nSPS) is 21.2. The van der Waals surface area contributed by atoms with Gasteiger partial charge in [-0.1, -0.05) is 18.2 Å². The molecule has 1 fully saturated rings. The van der Waals surface area contributed by atoms with Crippen LogP contribution in [0.2, 0.25) is 0 Å². The van der Waals surface area contributed by atoms with Crippen molar-refractivity contribution in [2.24, 2.45) is 0 Å². The van der Waals surface area contributed by atoms with E-state index in [-0.39, 0.29) is 42.8 Å². The Morgan fingerprint density at radius 1 is 1.41 bits per heavy atom. The molecule has 22 heavy (non-hydrogen) atoms. The summed E-state index contributed by atoms with van der Waals surface area (Å²) in [6.45, 7) is 3.15. The summed E-state index contributed by atoms with van der Waals surface area (Å²) in [4.78, 5) is 14.1. The summed E-state index contributed by atoms with van der Waals surface area (Å²) in [7, 11) is 2.02. The van der Waals surface area contributed by atoms with E-state index < -0.39 is 6.10 Å². The van der Waals surface area contributed by atoms with E-state index in [4.69, 9.17) is 0 Å². The fraction of sp³-hybridized carbons (Fsp3) is 0.533. The summed E-state index contributed by atoms with van der Waals surface area (Å²) in [5.41, 5.74) is 1.13. The summed E-state index contributed by atoms with van der Waals surface area (Å²) < 4.78 is 0. The first-order chi connectivity index (χ1) is 9.58. The molecule has 1 heterocycles. The van der Waals surface area contributed by atoms with Crippen LogP contribution < -0.4 is 15.5 Å². The highest BCUT2D eigenvalue weighted by atomic mass is 35.5. The third kappa shape index (κ3) is 5.65. The molecule has 3 unspecified atom stereocenters. The number of aliphatic hydroxyl groups excluding tert-OH is 1. The molecule has 1 aliphatic heterocycles. The molecule has 1 aromatic carbocycles. The maximum absolute atomic E-state index is 12.0. The van der Waals surface area contributed by atoms with Crippen LogP contribution in [0.4, 0.5) is 5.69 Å². The molecule has 0 aliphatic carbocycles. The number of likely N-dealkylation sites (N-methyl/N-ethyl adjacent to an activating group) is 1. The summed E-state index contributed by atoms with van der Waals surface area (Å²) in [5, 5.41) is 15.4. The monoisotopic (exact) mass is 349 g/mol. The Kier molecular flexibility index (Phi) is 9.44. The molecular weight excluding hydrogens is 325 g/mol. The van der Waals surface area contributed by atoms with Crippen molar-refractivity contribution >= 4 is 36.4 Å². The van der Waals surface area contributed by atoms with Gasteiger partial charge in [0.25, 0.3) is 0 Å². The number of nitrogens with zero attached hydrogens (tertiary/aromatic N) is 1. The highest BCUT2D eigenvalue weighted by molar-refractivity contribution is 5.85. The third-order valence-corrected chi connectivity index (χ3v) is 3.82. The minimum Gasteiger partial charge on any atom is -0.392 e. The number of anilines is 1. The van der Waals surface area contributed by atoms with E-state index in [0.29, 0.717) is 19.5 Å². The molecule has 3 atom stereocenters. The number of halogens is 2. The number of hydrogen-bond acceptors (Lipinski definition) is 4. The lowest BCUT2D eigenvalue weighted by atomic mass is 10.2. The molecule has 0 saturated carbocycles. The molecule has 3 N–H and O–H groups in total. The van der Waals surface area contributed by atoms with E-state index in [1.54, 1.807) is 0 Å². The molecule has 0 aromatic heterocycles. The van der Waals surface area contributed by atoms with Crippen molar-refractivity contribution in [2.75, 3.05) is 25.0 Å². The van der Waals surface area contributed by atoms with Crippen LogP contribution in [0, 0.1) is 0 Å². The van der Waals surface area contributed by atoms with Crippen LogP contribution in [0.1, 0.15) is 13.3 Å². The number of nitrogens with one attached hydrogen (secondary N) is 2. The van der Waals surface area contributed by atoms with E-state index in [9.17, 15) is 9.90 Å². The second kappa shape index (κ2) is 9.90. The lowest BCUT2D eigenvalue weighted by Crippen LogP contribution is -2.46. The predicted molar refractivity (Wildman–Crippen MR) is 94.2 cm³/mol. The van der Waals surface area contributed by atoms with E-state index >= 15 is 0 Å². The van der Waals surface area contributed by atoms with Crippen LogP contribution in [-0.4, -0.2) is 49.3 Å². The van der Waals surface area contributed by atoms with E-state index in [2.05, 4.69) is 22.5 Å². The van der Waals surface area contributed by atoms with Gasteiger partial charge in [-0.05, 0) is 25.5 Å². The fourth-order valence-electron chi connectivity index (χ4n) is 2.34. The number of carbonyl (C=O) groups excluding carboxylic acids is 1. The van der Waals surface area contributed by atoms with Gasteiger partial charge in [0.2, 0.25) is 5.91 Å². The maximum Gasteiger partial charge on any atom is 0.237 e. The second-order valence-electron chi connectivity index (χ2n) is 5.39. The van der Waals surface area contributed by atoms with Gasteiger partial charge in [-0.3, -0.25) is 4.79 Å². The number of rotatable bonds is 5. The van der Waals surface area contributed by atoms with Crippen LogP contribution in [0.15, 0.2) is 30.3 Å². The van der Waals surface area contributed by atoms with Crippen LogP contribution in [-0.2, 0) is 4.79 Å². The molecule has 2 rings (SSSR count). The molecule has 1 saturated heterocycles. The Labute approximate surface area is 144 Å². The number of amides is 1. The summed E-state index contributed by atoms with van der Waals surface area (Å²) in [6.07, 6.45) is 0.0875. The molecule has 0 radical (unpaired) electrons. The van der Waals surface area contributed by atoms with Gasteiger partial charge in [0, 0.05) is 31.9 Å². The van der Waals surface area contributed by atoms with Crippen molar-refractivity contribution in [3.05, 3.63) is 30.3 Å². The van der Waals surface area contributed by atoms with Gasteiger partial charge >= 0.3 is 0 Å². The van der Waals surface area contributed by atoms with Crippen molar-refractivity contribution in [2.45, 2.75) is 31.5 Å². The van der Waals surface area contributed by atoms with Gasteiger partial charge in [0.05, 0.1) is 12.1 Å². The first-order valence-corrected chi connectivity index (χ1v) is 7.05. The van der Waals surface area contributed by atoms with Gasteiger partial charge in [-0.2, -0.15) is 0 Å². The van der Waals surface area contributed by atoms with Crippen molar-refractivity contribution in [3.63, 3.8) is 0 Å². The average Bonchev–Trinajstić information content (AvgIpc) is 2.91. The minimum absolute atomic E-state index is 0. The number of para-hydroxylation sites is 1. The highest BCUT2D eigenvalue weighted by Crippen LogP contribution is 2.13. The quantitative estimate of drug-likeness (QED) is 0.747. The number of benzene rings is 1. The van der Waals surface area contributed by atoms with Crippen molar-refractivity contribution in [3.8, 4) is 0 Å². The molecule has 126 valence electrons. The molecule has 5 nitrogen and oxygen atoms in total. The highest BCUT2D eigenvalue weighted by Gasteiger charge is 2.28. The molecule has 1 amide bonds. The van der Waals surface area contributed by atoms with Gasteiger partial charge in [-0.25, -0.2) is 0 Å². The van der Waals surface area contributed by atoms with Gasteiger partial charge < -0.3 is 20.6 Å². The number of β-amino-alcohol motifs (C(OH)–C–C–N with tert-alkyl or cyclic N) is 1. The second-order valence-corrected chi connectivity index (χ2v) is 5.39. The van der Waals surface area contributed by atoms with E-state index in [0.717, 1.165) is 5.69 Å². The van der Waals surface area contributed by atoms with Crippen LogP contribution >= 0.6 is 24.8 Å². The first-order valence-electron chi connectivity index (χ1n) is 7.05. The standard InChI is InChI=1S/C15H23N3O2.2ClH/c1-11(18(2)12-6-4-3-5-7-12)9-17-15(20)14-8-13(19)10-16-14;;/h3-7,11,13-14,16,19H,8-10H2,1-2H3,(H,17,20);2*1H. The van der Waals surface area contributed by atoms with Gasteiger partial charge in [0.1, 0.15) is 0 Å². The summed E-state index contributed by atoms with van der Waals surface area (Å²) >= 11 is 0. The minimum atomic E-state index is -0.407. The molecule has 0 bridgehead atoms. The molecule has 7 heteroatoms. The molecule has 0 spiro atoms. The van der Waals surface area contributed by atoms with E-state index in [1.807, 2.05) is 37.4 Å². The summed E-state index contributed by atoms with van der Waals surface area (Å²) in [6, 6.07) is 10.0. The van der Waals surface area contributed by atoms with Crippen molar-refractivity contribution in [1.82, 2.24) is 10.6 Å². The maximum atomic E-state index is 12.0. The number of aliphatic hydroxyl groups is 1. The Bertz CT molecular complexity index is 448. The molecule has 1 aromatic rings. The average molecular weight is 350 g/mol. The largest absolute Gasteiger partial charge is 0.392 e.